The fraction of sp³-hybridized carbons (Fsp3) is 0.611. The molecule has 4 nitrogen and oxygen atoms in total. The van der Waals surface area contributed by atoms with Crippen molar-refractivity contribution in [3.05, 3.63) is 29.8 Å². The Kier molecular flexibility index (Phi) is 5.69. The van der Waals surface area contributed by atoms with E-state index in [4.69, 9.17) is 0 Å². The molecule has 0 atom stereocenters. The Labute approximate surface area is 134 Å². The van der Waals surface area contributed by atoms with Gasteiger partial charge in [0.15, 0.2) is 0 Å². The van der Waals surface area contributed by atoms with Gasteiger partial charge in [0.05, 0.1) is 0 Å². The molecule has 1 aromatic rings. The van der Waals surface area contributed by atoms with Crippen LogP contribution in [0.1, 0.15) is 39.2 Å². The molecule has 122 valence electrons. The van der Waals surface area contributed by atoms with Gasteiger partial charge in [-0.15, -0.1) is 0 Å². The number of anilines is 1. The second-order valence-corrected chi connectivity index (χ2v) is 6.80. The highest BCUT2D eigenvalue weighted by Gasteiger charge is 2.21. The number of carbonyl (C=O) groups excluding carboxylic acids is 1. The number of nitrogens with zero attached hydrogens (tertiary/aromatic N) is 2. The third kappa shape index (κ3) is 4.39. The molecule has 1 heterocycles. The summed E-state index contributed by atoms with van der Waals surface area (Å²) in [6.07, 6.45) is 0. The van der Waals surface area contributed by atoms with Crippen LogP contribution in [0, 0.1) is 5.92 Å². The van der Waals surface area contributed by atoms with Crippen molar-refractivity contribution in [3.8, 4) is 0 Å². The minimum atomic E-state index is 0.0727. The van der Waals surface area contributed by atoms with Gasteiger partial charge in [0, 0.05) is 38.4 Å². The second kappa shape index (κ2) is 7.52. The van der Waals surface area contributed by atoms with Gasteiger partial charge < -0.3 is 15.1 Å². The van der Waals surface area contributed by atoms with E-state index in [-0.39, 0.29) is 6.03 Å². The number of benzene rings is 1. The molecule has 0 radical (unpaired) electrons. The predicted molar refractivity (Wildman–Crippen MR) is 92.6 cm³/mol. The lowest BCUT2D eigenvalue weighted by molar-refractivity contribution is 0.193. The molecule has 1 aliphatic heterocycles. The van der Waals surface area contributed by atoms with Crippen LogP contribution in [0.25, 0.3) is 0 Å². The van der Waals surface area contributed by atoms with Crippen molar-refractivity contribution in [1.82, 2.24) is 10.2 Å². The molecule has 0 spiro atoms. The number of rotatable bonds is 4. The first-order chi connectivity index (χ1) is 10.5. The lowest BCUT2D eigenvalue weighted by Crippen LogP contribution is -2.52. The van der Waals surface area contributed by atoms with Crippen LogP contribution in [0.15, 0.2) is 24.3 Å². The molecule has 1 N–H and O–H groups in total. The van der Waals surface area contributed by atoms with Crippen molar-refractivity contribution >= 4 is 11.7 Å². The first kappa shape index (κ1) is 16.7. The molecule has 1 fully saturated rings. The molecule has 1 aliphatic rings. The first-order valence-electron chi connectivity index (χ1n) is 8.35. The fourth-order valence-electron chi connectivity index (χ4n) is 2.64. The summed E-state index contributed by atoms with van der Waals surface area (Å²) in [6.45, 7) is 12.8. The zero-order valence-electron chi connectivity index (χ0n) is 14.3. The van der Waals surface area contributed by atoms with Crippen LogP contribution in [0.5, 0.6) is 0 Å². The number of amides is 2. The first-order valence-corrected chi connectivity index (χ1v) is 8.35. The minimum Gasteiger partial charge on any atom is -0.368 e. The van der Waals surface area contributed by atoms with Crippen LogP contribution < -0.4 is 10.2 Å². The summed E-state index contributed by atoms with van der Waals surface area (Å²) in [5, 5.41) is 2.99. The molecule has 2 amide bonds. The van der Waals surface area contributed by atoms with Crippen LogP contribution >= 0.6 is 0 Å². The maximum atomic E-state index is 12.1. The zero-order valence-corrected chi connectivity index (χ0v) is 14.3. The van der Waals surface area contributed by atoms with E-state index in [0.717, 1.165) is 32.7 Å². The maximum Gasteiger partial charge on any atom is 0.317 e. The Bertz CT molecular complexity index is 474. The van der Waals surface area contributed by atoms with Crippen molar-refractivity contribution in [2.75, 3.05) is 37.6 Å². The zero-order chi connectivity index (χ0) is 16.1. The highest BCUT2D eigenvalue weighted by atomic mass is 16.2. The molecule has 0 bridgehead atoms. The largest absolute Gasteiger partial charge is 0.368 e. The van der Waals surface area contributed by atoms with E-state index in [0.29, 0.717) is 11.8 Å². The number of nitrogens with one attached hydrogen (secondary N) is 1. The van der Waals surface area contributed by atoms with E-state index in [9.17, 15) is 4.79 Å². The van der Waals surface area contributed by atoms with E-state index >= 15 is 0 Å². The van der Waals surface area contributed by atoms with Gasteiger partial charge in [-0.1, -0.05) is 39.8 Å². The van der Waals surface area contributed by atoms with Crippen LogP contribution in [0.2, 0.25) is 0 Å². The Morgan fingerprint density at radius 1 is 1.05 bits per heavy atom. The third-order valence-corrected chi connectivity index (χ3v) is 4.15. The summed E-state index contributed by atoms with van der Waals surface area (Å²) < 4.78 is 0. The van der Waals surface area contributed by atoms with E-state index < -0.39 is 0 Å². The van der Waals surface area contributed by atoms with Crippen molar-refractivity contribution in [1.29, 1.82) is 0 Å². The standard InChI is InChI=1S/C18H29N3O/c1-14(2)13-19-18(22)21-11-9-20(10-12-21)17-7-5-16(6-8-17)15(3)4/h5-8,14-15H,9-13H2,1-4H3,(H,19,22). The van der Waals surface area contributed by atoms with Gasteiger partial charge in [0.2, 0.25) is 0 Å². The van der Waals surface area contributed by atoms with Crippen LogP contribution in [0.4, 0.5) is 10.5 Å². The molecule has 0 aromatic heterocycles. The minimum absolute atomic E-state index is 0.0727. The number of urea groups is 1. The number of piperazine rings is 1. The van der Waals surface area contributed by atoms with E-state index in [1.54, 1.807) is 0 Å². The maximum absolute atomic E-state index is 12.1. The molecule has 1 saturated heterocycles. The topological polar surface area (TPSA) is 35.6 Å². The normalized spacial score (nSPS) is 15.5. The molecule has 0 saturated carbocycles. The molecular formula is C18H29N3O. The molecular weight excluding hydrogens is 274 g/mol. The second-order valence-electron chi connectivity index (χ2n) is 6.80. The molecule has 1 aromatic carbocycles. The number of carbonyl (C=O) groups is 1. The van der Waals surface area contributed by atoms with Crippen molar-refractivity contribution < 1.29 is 4.79 Å². The van der Waals surface area contributed by atoms with E-state index in [2.05, 4.69) is 62.2 Å². The molecule has 2 rings (SSSR count). The summed E-state index contributed by atoms with van der Waals surface area (Å²) >= 11 is 0. The van der Waals surface area contributed by atoms with Gasteiger partial charge in [-0.2, -0.15) is 0 Å². The lowest BCUT2D eigenvalue weighted by atomic mass is 10.0. The van der Waals surface area contributed by atoms with Crippen molar-refractivity contribution in [2.24, 2.45) is 5.92 Å². The van der Waals surface area contributed by atoms with Gasteiger partial charge in [-0.3, -0.25) is 0 Å². The Morgan fingerprint density at radius 2 is 1.64 bits per heavy atom. The van der Waals surface area contributed by atoms with Crippen molar-refractivity contribution in [3.63, 3.8) is 0 Å². The molecule has 4 heteroatoms. The third-order valence-electron chi connectivity index (χ3n) is 4.15. The number of hydrogen-bond donors (Lipinski definition) is 1. The van der Waals surface area contributed by atoms with Gasteiger partial charge >= 0.3 is 6.03 Å². The van der Waals surface area contributed by atoms with E-state index in [1.807, 2.05) is 4.90 Å². The van der Waals surface area contributed by atoms with Crippen LogP contribution in [0.3, 0.4) is 0 Å². The average molecular weight is 303 g/mol. The molecule has 0 aliphatic carbocycles. The van der Waals surface area contributed by atoms with Crippen LogP contribution in [-0.4, -0.2) is 43.7 Å². The van der Waals surface area contributed by atoms with Gasteiger partial charge in [-0.25, -0.2) is 4.79 Å². The molecule has 22 heavy (non-hydrogen) atoms. The van der Waals surface area contributed by atoms with Gasteiger partial charge in [-0.05, 0) is 29.5 Å². The summed E-state index contributed by atoms with van der Waals surface area (Å²) in [7, 11) is 0. The van der Waals surface area contributed by atoms with Crippen molar-refractivity contribution in [2.45, 2.75) is 33.6 Å². The summed E-state index contributed by atoms with van der Waals surface area (Å²) in [5.41, 5.74) is 2.63. The molecule has 0 unspecified atom stereocenters. The summed E-state index contributed by atoms with van der Waals surface area (Å²) in [4.78, 5) is 16.3. The Balaban J connectivity index is 1.85. The highest BCUT2D eigenvalue weighted by Crippen LogP contribution is 2.21. The van der Waals surface area contributed by atoms with Crippen LogP contribution in [-0.2, 0) is 0 Å². The van der Waals surface area contributed by atoms with Gasteiger partial charge in [0.1, 0.15) is 0 Å². The quantitative estimate of drug-likeness (QED) is 0.926. The predicted octanol–water partition coefficient (Wildman–Crippen LogP) is 3.30. The summed E-state index contributed by atoms with van der Waals surface area (Å²) in [5.74, 6) is 1.06. The lowest BCUT2D eigenvalue weighted by Gasteiger charge is -2.36. The number of hydrogen-bond acceptors (Lipinski definition) is 2. The monoisotopic (exact) mass is 303 g/mol. The van der Waals surface area contributed by atoms with E-state index in [1.165, 1.54) is 11.3 Å². The fourth-order valence-corrected chi connectivity index (χ4v) is 2.64. The smallest absolute Gasteiger partial charge is 0.317 e. The Hall–Kier alpha value is -1.71. The summed E-state index contributed by atoms with van der Waals surface area (Å²) in [6, 6.07) is 8.89. The SMILES string of the molecule is CC(C)CNC(=O)N1CCN(c2ccc(C(C)C)cc2)CC1. The Morgan fingerprint density at radius 3 is 2.14 bits per heavy atom. The highest BCUT2D eigenvalue weighted by molar-refractivity contribution is 5.74. The average Bonchev–Trinajstić information content (AvgIpc) is 2.53. The van der Waals surface area contributed by atoms with Gasteiger partial charge in [0.25, 0.3) is 0 Å².